The van der Waals surface area contributed by atoms with E-state index in [0.29, 0.717) is 9.13 Å². The summed E-state index contributed by atoms with van der Waals surface area (Å²) in [7, 11) is -2.73. The van der Waals surface area contributed by atoms with Crippen molar-refractivity contribution in [2.45, 2.75) is 83.5 Å². The second-order valence-corrected chi connectivity index (χ2v) is 23.5. The van der Waals surface area contributed by atoms with E-state index in [0.717, 1.165) is 21.7 Å². The third-order valence-corrected chi connectivity index (χ3v) is 15.6. The maximum atomic E-state index is 14.7. The van der Waals surface area contributed by atoms with E-state index in [-0.39, 0.29) is 118 Å². The fourth-order valence-corrected chi connectivity index (χ4v) is 10.7. The van der Waals surface area contributed by atoms with Gasteiger partial charge in [0.05, 0.1) is 97.2 Å². The van der Waals surface area contributed by atoms with Gasteiger partial charge in [-0.1, -0.05) is 57.2 Å². The second kappa shape index (κ2) is 28.3. The molecule has 24 heteroatoms. The molecule has 1 aliphatic rings. The number of carbonyl (C=O) groups excluding carboxylic acids is 4. The number of halogens is 2. The van der Waals surface area contributed by atoms with E-state index in [9.17, 15) is 41.9 Å². The monoisotopic (exact) mass is 1230 g/mol. The molecule has 6 N–H and O–H groups in total. The summed E-state index contributed by atoms with van der Waals surface area (Å²) in [4.78, 5) is 72.6. The lowest BCUT2D eigenvalue weighted by Gasteiger charge is -2.35. The van der Waals surface area contributed by atoms with E-state index < -0.39 is 62.7 Å². The summed E-state index contributed by atoms with van der Waals surface area (Å²) in [6.07, 6.45) is -0.850. The number of hydrogen-bond acceptors (Lipinski definition) is 15. The van der Waals surface area contributed by atoms with Crippen molar-refractivity contribution in [3.05, 3.63) is 120 Å². The Hall–Kier alpha value is -5.87. The number of aromatic nitrogens is 2. The van der Waals surface area contributed by atoms with E-state index >= 15 is 0 Å². The number of rotatable bonds is 27. The van der Waals surface area contributed by atoms with Gasteiger partial charge in [-0.25, -0.2) is 17.8 Å². The number of aryl methyl sites for hydroxylation is 2. The minimum Gasteiger partial charge on any atom is -0.391 e. The molecule has 4 amide bonds. The first kappa shape index (κ1) is 61.3. The van der Waals surface area contributed by atoms with Gasteiger partial charge in [-0.15, -0.1) is 11.3 Å². The Balaban J connectivity index is 0.815. The largest absolute Gasteiger partial charge is 0.391 e. The van der Waals surface area contributed by atoms with Crippen LogP contribution in [0.5, 0.6) is 0 Å². The topological polar surface area (TPSA) is 258 Å². The van der Waals surface area contributed by atoms with Crippen LogP contribution in [0.4, 0.5) is 21.6 Å². The molecule has 422 valence electrons. The maximum absolute atomic E-state index is 14.7. The summed E-state index contributed by atoms with van der Waals surface area (Å²) in [5, 5.41) is 22.0. The van der Waals surface area contributed by atoms with Crippen molar-refractivity contribution >= 4 is 84.8 Å². The molecule has 78 heavy (non-hydrogen) atoms. The van der Waals surface area contributed by atoms with Crippen molar-refractivity contribution in [2.75, 3.05) is 76.0 Å². The first-order valence-electron chi connectivity index (χ1n) is 25.2. The van der Waals surface area contributed by atoms with Crippen LogP contribution in [-0.4, -0.2) is 136 Å². The van der Waals surface area contributed by atoms with Gasteiger partial charge in [-0.05, 0) is 102 Å². The number of likely N-dealkylation sites (tertiary alicyclic amines) is 1. The molecule has 1 fully saturated rings. The second-order valence-electron chi connectivity index (χ2n) is 19.8. The third kappa shape index (κ3) is 17.3. The molecule has 4 atom stereocenters. The van der Waals surface area contributed by atoms with Crippen LogP contribution in [0.1, 0.15) is 62.5 Å². The standard InChI is InChI=1S/C54H68FIN8O12S2/c1-33-26-44(50(63(7)52(33)69)60-43-17-14-39(56)28-42(43)55)62-78(71,72)41-15-8-36(9-16-41)27-46(66)57-18-19-73-20-21-74-22-23-75-24-25-76-31-47(67)61-49(54(4,5)6)53(70)64-30-40(65)29-45(64)51(68)59-34(2)37-10-12-38(13-11-37)48-35(3)58-32-77-48/h8-17,26,28,32,34,40,45,49,60,62,65H,18-25,27,29-31H2,1-7H3,(H,57,66)(H,59,68)(H,61,67). The molecule has 2 aromatic heterocycles. The SMILES string of the molecule is Cc1ncsc1-c1ccc(C(C)NC(=O)C2CC(O)CN2C(=O)C(NC(=O)COCCOCCOCCOCCNC(=O)Cc2ccc(S(=O)(=O)Nc3cc(C)c(=O)n(C)c3Nc3ccc(I)cc3F)cc2)C(C)(C)C)cc1. The van der Waals surface area contributed by atoms with Crippen LogP contribution in [0.2, 0.25) is 0 Å². The number of nitrogens with one attached hydrogen (secondary N) is 5. The van der Waals surface area contributed by atoms with Gasteiger partial charge in [-0.3, -0.25) is 33.3 Å². The molecule has 0 bridgehead atoms. The minimum absolute atomic E-state index is 0.00932. The highest BCUT2D eigenvalue weighted by atomic mass is 127. The lowest BCUT2D eigenvalue weighted by atomic mass is 9.85. The number of ether oxygens (including phenoxy) is 4. The number of benzene rings is 3. The lowest BCUT2D eigenvalue weighted by Crippen LogP contribution is -2.58. The molecule has 1 saturated heterocycles. The fourth-order valence-electron chi connectivity index (χ4n) is 8.38. The molecule has 4 unspecified atom stereocenters. The number of hydrogen-bond donors (Lipinski definition) is 6. The Morgan fingerprint density at radius 1 is 0.872 bits per heavy atom. The Labute approximate surface area is 471 Å². The van der Waals surface area contributed by atoms with Crippen molar-refractivity contribution in [1.82, 2.24) is 30.4 Å². The van der Waals surface area contributed by atoms with Crippen LogP contribution >= 0.6 is 33.9 Å². The zero-order valence-electron chi connectivity index (χ0n) is 44.7. The van der Waals surface area contributed by atoms with E-state index in [1.165, 1.54) is 59.0 Å². The summed E-state index contributed by atoms with van der Waals surface area (Å²) in [5.41, 5.74) is 4.46. The zero-order chi connectivity index (χ0) is 56.7. The Morgan fingerprint density at radius 3 is 2.13 bits per heavy atom. The first-order valence-corrected chi connectivity index (χ1v) is 28.7. The molecule has 0 spiro atoms. The summed E-state index contributed by atoms with van der Waals surface area (Å²) in [5.74, 6) is -2.23. The van der Waals surface area contributed by atoms with E-state index in [4.69, 9.17) is 18.9 Å². The Bertz CT molecular complexity index is 3050. The molecule has 0 radical (unpaired) electrons. The number of aliphatic hydroxyl groups is 1. The van der Waals surface area contributed by atoms with Gasteiger partial charge < -0.3 is 50.2 Å². The van der Waals surface area contributed by atoms with Gasteiger partial charge in [0.2, 0.25) is 23.6 Å². The minimum atomic E-state index is -4.17. The number of thiazole rings is 1. The predicted octanol–water partition coefficient (Wildman–Crippen LogP) is 5.51. The van der Waals surface area contributed by atoms with Gasteiger partial charge in [0, 0.05) is 35.7 Å². The summed E-state index contributed by atoms with van der Waals surface area (Å²) in [6, 6.07) is 17.2. The quantitative estimate of drug-likeness (QED) is 0.0280. The first-order chi connectivity index (χ1) is 37.0. The Morgan fingerprint density at radius 2 is 1.51 bits per heavy atom. The lowest BCUT2D eigenvalue weighted by molar-refractivity contribution is -0.144. The molecule has 20 nitrogen and oxygen atoms in total. The molecular weight excluding hydrogens is 1160 g/mol. The van der Waals surface area contributed by atoms with Gasteiger partial charge >= 0.3 is 0 Å². The van der Waals surface area contributed by atoms with Gasteiger partial charge in [0.15, 0.2) is 0 Å². The van der Waals surface area contributed by atoms with Gasteiger partial charge in [-0.2, -0.15) is 0 Å². The molecule has 3 aromatic carbocycles. The van der Waals surface area contributed by atoms with E-state index in [1.807, 2.05) is 60.7 Å². The number of β-amino-alcohol motifs (C(OH)–C–C–N with tert-alkyl or cyclic N) is 1. The Kier molecular flexibility index (Phi) is 22.3. The van der Waals surface area contributed by atoms with Crippen molar-refractivity contribution in [1.29, 1.82) is 0 Å². The number of amides is 4. The molecule has 1 aliphatic heterocycles. The average Bonchev–Trinajstić information content (AvgIpc) is 4.10. The smallest absolute Gasteiger partial charge is 0.262 e. The molecule has 3 heterocycles. The molecule has 6 rings (SSSR count). The summed E-state index contributed by atoms with van der Waals surface area (Å²) < 4.78 is 68.1. The fraction of sp³-hybridized carbons (Fsp3) is 0.444. The summed E-state index contributed by atoms with van der Waals surface area (Å²) >= 11 is 3.52. The number of sulfonamides is 1. The molecule has 0 aliphatic carbocycles. The van der Waals surface area contributed by atoms with E-state index in [1.54, 1.807) is 50.6 Å². The number of pyridine rings is 1. The predicted molar refractivity (Wildman–Crippen MR) is 302 cm³/mol. The van der Waals surface area contributed by atoms with Gasteiger partial charge in [0.25, 0.3) is 15.6 Å². The molecule has 5 aromatic rings. The number of nitrogens with zero attached hydrogens (tertiary/aromatic N) is 3. The van der Waals surface area contributed by atoms with Crippen LogP contribution in [-0.2, 0) is 61.6 Å². The van der Waals surface area contributed by atoms with Crippen molar-refractivity contribution in [2.24, 2.45) is 12.5 Å². The van der Waals surface area contributed by atoms with Crippen LogP contribution in [0.25, 0.3) is 10.4 Å². The van der Waals surface area contributed by atoms with Crippen molar-refractivity contribution in [3.8, 4) is 10.4 Å². The van der Waals surface area contributed by atoms with Crippen LogP contribution in [0, 0.1) is 28.6 Å². The van der Waals surface area contributed by atoms with E-state index in [2.05, 4.69) is 31.0 Å². The summed E-state index contributed by atoms with van der Waals surface area (Å²) in [6.45, 7) is 12.2. The number of anilines is 3. The third-order valence-electron chi connectivity index (χ3n) is 12.6. The normalized spacial score (nSPS) is 15.4. The van der Waals surface area contributed by atoms with Crippen LogP contribution in [0.3, 0.4) is 0 Å². The van der Waals surface area contributed by atoms with Crippen molar-refractivity contribution < 1.29 is 56.0 Å². The van der Waals surface area contributed by atoms with Gasteiger partial charge in [0.1, 0.15) is 30.3 Å². The molecular formula is C54H68FIN8O12S2. The number of carbonyl (C=O) groups is 4. The van der Waals surface area contributed by atoms with Crippen LogP contribution in [0.15, 0.2) is 88.0 Å². The average molecular weight is 1230 g/mol. The highest BCUT2D eigenvalue weighted by Crippen LogP contribution is 2.31. The van der Waals surface area contributed by atoms with Crippen LogP contribution < -0.4 is 31.5 Å². The van der Waals surface area contributed by atoms with Crippen molar-refractivity contribution in [3.63, 3.8) is 0 Å². The number of aliphatic hydroxyl groups excluding tert-OH is 1. The zero-order valence-corrected chi connectivity index (χ0v) is 48.4. The highest BCUT2D eigenvalue weighted by Gasteiger charge is 2.44. The maximum Gasteiger partial charge on any atom is 0.262 e. The highest BCUT2D eigenvalue weighted by molar-refractivity contribution is 14.1. The molecule has 0 saturated carbocycles.